The number of nitrogens with one attached hydrogen (secondary N) is 3. The normalized spacial score (nSPS) is 29.8. The fraction of sp³-hybridized carbons (Fsp3) is 0.868. The average Bonchev–Trinajstić information content (AvgIpc) is 3.23. The lowest BCUT2D eigenvalue weighted by Gasteiger charge is -2.38. The van der Waals surface area contributed by atoms with Crippen LogP contribution in [0, 0.1) is 33.5 Å². The largest absolute Gasteiger partial charge is 0.480 e. The van der Waals surface area contributed by atoms with Gasteiger partial charge in [0.05, 0.1) is 5.92 Å². The van der Waals surface area contributed by atoms with Gasteiger partial charge in [-0.15, -0.1) is 0 Å². The molecule has 0 bridgehead atoms. The summed E-state index contributed by atoms with van der Waals surface area (Å²) >= 11 is 0. The summed E-state index contributed by atoms with van der Waals surface area (Å²) in [5.41, 5.74) is -0.938. The number of aliphatic carboxylic acids is 1. The van der Waals surface area contributed by atoms with Crippen LogP contribution in [0.4, 0.5) is 0 Å². The molecule has 11 nitrogen and oxygen atoms in total. The van der Waals surface area contributed by atoms with Gasteiger partial charge in [-0.3, -0.25) is 19.2 Å². The van der Waals surface area contributed by atoms with Crippen LogP contribution in [-0.4, -0.2) is 95.4 Å². The molecule has 0 radical (unpaired) electrons. The van der Waals surface area contributed by atoms with Gasteiger partial charge in [-0.05, 0) is 87.1 Å². The van der Waals surface area contributed by atoms with E-state index in [1.807, 2.05) is 34.7 Å². The van der Waals surface area contributed by atoms with E-state index in [1.54, 1.807) is 4.90 Å². The van der Waals surface area contributed by atoms with Crippen molar-refractivity contribution in [1.29, 1.82) is 0 Å². The van der Waals surface area contributed by atoms with Gasteiger partial charge in [-0.2, -0.15) is 0 Å². The molecule has 5 aliphatic rings. The molecule has 0 aromatic rings. The standard InChI is InChI=1S/C38H63N5O6/c1-8-14-26(34(48)49)39-31(45)27-21-38(36(5,6)37(38)18-13-19-37)23-43(27)33(47)29(35(2,3)4)41-32(46)28(24-15-10-9-11-16-24)40-30(44)25-17-12-20-42(7)22-25/h24-29H,8-23H2,1-7H3,(H,39,45)(H,40,44)(H,41,46)(H,48,49)/t25-,26+,27-,28-,29-,38?/m0/s1. The zero-order chi connectivity index (χ0) is 35.9. The first-order valence-corrected chi connectivity index (χ1v) is 19.1. The van der Waals surface area contributed by atoms with E-state index in [1.165, 1.54) is 0 Å². The summed E-state index contributed by atoms with van der Waals surface area (Å²) in [5, 5.41) is 18.9. The predicted octanol–water partition coefficient (Wildman–Crippen LogP) is 4.09. The van der Waals surface area contributed by atoms with Crippen LogP contribution in [0.15, 0.2) is 0 Å². The molecule has 3 saturated carbocycles. The summed E-state index contributed by atoms with van der Waals surface area (Å²) in [5.74, 6) is -2.48. The SMILES string of the molecule is CCC[C@@H](NC(=O)[C@@H]1CC2(CN1C(=O)[C@H](NC(=O)[C@@H](NC(=O)[C@H]1CCCN(C)C1)C1CCCCC1)C(C)(C)C)C(C)(C)C21CCC1)C(=O)O. The van der Waals surface area contributed by atoms with Crippen molar-refractivity contribution in [1.82, 2.24) is 25.8 Å². The highest BCUT2D eigenvalue weighted by atomic mass is 16.4. The van der Waals surface area contributed by atoms with Crippen LogP contribution in [0.1, 0.15) is 125 Å². The van der Waals surface area contributed by atoms with E-state index in [0.717, 1.165) is 70.8 Å². The Bertz CT molecular complexity index is 1280. The summed E-state index contributed by atoms with van der Waals surface area (Å²) in [7, 11) is 2.02. The second-order valence-corrected chi connectivity index (χ2v) is 17.8. The molecule has 11 heteroatoms. The number of hydrogen-bond acceptors (Lipinski definition) is 6. The number of piperidine rings is 1. The first-order chi connectivity index (χ1) is 23.0. The monoisotopic (exact) mass is 685 g/mol. The van der Waals surface area contributed by atoms with E-state index in [-0.39, 0.29) is 45.8 Å². The second-order valence-electron chi connectivity index (χ2n) is 17.8. The minimum Gasteiger partial charge on any atom is -0.480 e. The van der Waals surface area contributed by atoms with Crippen molar-refractivity contribution in [3.8, 4) is 0 Å². The van der Waals surface area contributed by atoms with Crippen molar-refractivity contribution in [2.45, 2.75) is 149 Å². The van der Waals surface area contributed by atoms with Crippen LogP contribution in [0.2, 0.25) is 0 Å². The Hall–Kier alpha value is -2.69. The third kappa shape index (κ3) is 6.86. The molecule has 4 N–H and O–H groups in total. The fourth-order valence-electron chi connectivity index (χ4n) is 10.4. The summed E-state index contributed by atoms with van der Waals surface area (Å²) in [6.07, 6.45) is 11.1. The van der Waals surface area contributed by atoms with Crippen LogP contribution in [0.5, 0.6) is 0 Å². The van der Waals surface area contributed by atoms with Crippen molar-refractivity contribution in [2.75, 3.05) is 26.7 Å². The Kier molecular flexibility index (Phi) is 10.8. The van der Waals surface area contributed by atoms with Crippen molar-refractivity contribution < 1.29 is 29.1 Å². The molecule has 2 spiro atoms. The molecular weight excluding hydrogens is 622 g/mol. The van der Waals surface area contributed by atoms with Crippen LogP contribution in [-0.2, 0) is 24.0 Å². The molecule has 3 aliphatic carbocycles. The van der Waals surface area contributed by atoms with Gasteiger partial charge in [0.25, 0.3) is 0 Å². The topological polar surface area (TPSA) is 148 Å². The smallest absolute Gasteiger partial charge is 0.326 e. The molecule has 4 amide bonds. The number of fused-ring (bicyclic) bond motifs is 1. The quantitative estimate of drug-likeness (QED) is 0.256. The van der Waals surface area contributed by atoms with Crippen LogP contribution < -0.4 is 16.0 Å². The van der Waals surface area contributed by atoms with Gasteiger partial charge in [0.15, 0.2) is 0 Å². The first-order valence-electron chi connectivity index (χ1n) is 19.1. The summed E-state index contributed by atoms with van der Waals surface area (Å²) in [4.78, 5) is 72.6. The molecule has 2 saturated heterocycles. The molecule has 0 aromatic carbocycles. The Balaban J connectivity index is 1.41. The molecule has 2 heterocycles. The van der Waals surface area contributed by atoms with E-state index >= 15 is 0 Å². The van der Waals surface area contributed by atoms with Crippen molar-refractivity contribution in [3.05, 3.63) is 0 Å². The Morgan fingerprint density at radius 3 is 2.08 bits per heavy atom. The lowest BCUT2D eigenvalue weighted by molar-refractivity contribution is -0.146. The first kappa shape index (κ1) is 37.6. The summed E-state index contributed by atoms with van der Waals surface area (Å²) in [6.45, 7) is 14.1. The minimum absolute atomic E-state index is 0.0134. The molecule has 2 aliphatic heterocycles. The number of nitrogens with zero attached hydrogens (tertiary/aromatic N) is 2. The van der Waals surface area contributed by atoms with Gasteiger partial charge in [-0.1, -0.05) is 73.6 Å². The molecule has 49 heavy (non-hydrogen) atoms. The maximum absolute atomic E-state index is 14.9. The van der Waals surface area contributed by atoms with Gasteiger partial charge in [0.1, 0.15) is 24.2 Å². The van der Waals surface area contributed by atoms with Crippen LogP contribution in [0.3, 0.4) is 0 Å². The molecule has 276 valence electrons. The maximum atomic E-state index is 14.9. The number of amides is 4. The number of hydrogen-bond donors (Lipinski definition) is 4. The van der Waals surface area contributed by atoms with E-state index in [4.69, 9.17) is 0 Å². The van der Waals surface area contributed by atoms with Crippen molar-refractivity contribution in [2.24, 2.45) is 33.5 Å². The number of carbonyl (C=O) groups excluding carboxylic acids is 4. The molecule has 0 aromatic heterocycles. The van der Waals surface area contributed by atoms with Gasteiger partial charge < -0.3 is 30.9 Å². The molecule has 5 fully saturated rings. The number of carbonyl (C=O) groups is 5. The minimum atomic E-state index is -1.08. The lowest BCUT2D eigenvalue weighted by Crippen LogP contribution is -2.62. The average molecular weight is 686 g/mol. The number of carboxylic acids is 1. The Labute approximate surface area is 293 Å². The van der Waals surface area contributed by atoms with E-state index in [0.29, 0.717) is 32.4 Å². The van der Waals surface area contributed by atoms with Gasteiger partial charge in [-0.25, -0.2) is 4.79 Å². The number of likely N-dealkylation sites (tertiary alicyclic amines) is 2. The van der Waals surface area contributed by atoms with Crippen molar-refractivity contribution in [3.63, 3.8) is 0 Å². The number of rotatable bonds is 11. The number of carboxylic acid groups (broad SMARTS) is 1. The Morgan fingerprint density at radius 1 is 0.878 bits per heavy atom. The predicted molar refractivity (Wildman–Crippen MR) is 187 cm³/mol. The summed E-state index contributed by atoms with van der Waals surface area (Å²) < 4.78 is 0. The van der Waals surface area contributed by atoms with Gasteiger partial charge in [0.2, 0.25) is 23.6 Å². The maximum Gasteiger partial charge on any atom is 0.326 e. The van der Waals surface area contributed by atoms with E-state index < -0.39 is 41.5 Å². The summed E-state index contributed by atoms with van der Waals surface area (Å²) in [6, 6.07) is -3.55. The highest BCUT2D eigenvalue weighted by Gasteiger charge is 2.85. The third-order valence-electron chi connectivity index (χ3n) is 13.7. The van der Waals surface area contributed by atoms with Gasteiger partial charge in [0, 0.05) is 18.5 Å². The lowest BCUT2D eigenvalue weighted by atomic mass is 9.73. The Morgan fingerprint density at radius 2 is 1.55 bits per heavy atom. The second kappa shape index (κ2) is 14.1. The highest BCUT2D eigenvalue weighted by Crippen LogP contribution is 2.88. The molecule has 6 atom stereocenters. The van der Waals surface area contributed by atoms with E-state index in [2.05, 4.69) is 34.7 Å². The zero-order valence-electron chi connectivity index (χ0n) is 31.2. The van der Waals surface area contributed by atoms with Crippen LogP contribution in [0.25, 0.3) is 0 Å². The zero-order valence-corrected chi connectivity index (χ0v) is 31.2. The van der Waals surface area contributed by atoms with Crippen LogP contribution >= 0.6 is 0 Å². The van der Waals surface area contributed by atoms with Crippen molar-refractivity contribution >= 4 is 29.6 Å². The highest BCUT2D eigenvalue weighted by molar-refractivity contribution is 5.96. The van der Waals surface area contributed by atoms with E-state index in [9.17, 15) is 29.1 Å². The molecule has 5 rings (SSSR count). The fourth-order valence-corrected chi connectivity index (χ4v) is 10.4. The molecular formula is C38H63N5O6. The third-order valence-corrected chi connectivity index (χ3v) is 13.7. The molecule has 1 unspecified atom stereocenters. The van der Waals surface area contributed by atoms with Gasteiger partial charge >= 0.3 is 5.97 Å².